The van der Waals surface area contributed by atoms with Crippen molar-refractivity contribution < 1.29 is 4.79 Å². The first-order valence-corrected chi connectivity index (χ1v) is 8.37. The number of nitrogens with one attached hydrogen (secondary N) is 2. The number of carbonyl (C=O) groups excluding carboxylic acids is 1. The quantitative estimate of drug-likeness (QED) is 0.879. The average Bonchev–Trinajstić information content (AvgIpc) is 2.76. The molecule has 1 heterocycles. The Morgan fingerprint density at radius 1 is 1.32 bits per heavy atom. The van der Waals surface area contributed by atoms with Crippen LogP contribution >= 0.6 is 0 Å². The van der Waals surface area contributed by atoms with E-state index in [0.717, 1.165) is 25.2 Å². The van der Waals surface area contributed by atoms with Crippen LogP contribution in [0.15, 0.2) is 24.3 Å². The Hall–Kier alpha value is -1.39. The van der Waals surface area contributed by atoms with E-state index in [1.807, 2.05) is 18.2 Å². The molecule has 1 amide bonds. The van der Waals surface area contributed by atoms with Crippen LogP contribution in [0, 0.1) is 0 Å². The maximum Gasteiger partial charge on any atom is 0.238 e. The molecule has 0 saturated carbocycles. The lowest BCUT2D eigenvalue weighted by atomic mass is 10.0. The maximum absolute atomic E-state index is 12.4. The van der Waals surface area contributed by atoms with E-state index >= 15 is 0 Å². The summed E-state index contributed by atoms with van der Waals surface area (Å²) in [6.07, 6.45) is 3.47. The van der Waals surface area contributed by atoms with Crippen LogP contribution in [0.1, 0.15) is 44.6 Å². The van der Waals surface area contributed by atoms with E-state index in [9.17, 15) is 4.79 Å². The van der Waals surface area contributed by atoms with Crippen molar-refractivity contribution in [1.29, 1.82) is 0 Å². The first kappa shape index (κ1) is 17.0. The average molecular weight is 303 g/mol. The van der Waals surface area contributed by atoms with Crippen molar-refractivity contribution in [1.82, 2.24) is 10.2 Å². The van der Waals surface area contributed by atoms with E-state index in [0.29, 0.717) is 18.5 Å². The first-order chi connectivity index (χ1) is 10.6. The van der Waals surface area contributed by atoms with Gasteiger partial charge >= 0.3 is 0 Å². The Labute approximate surface area is 134 Å². The number of rotatable bonds is 5. The van der Waals surface area contributed by atoms with Crippen LogP contribution < -0.4 is 10.6 Å². The Bertz CT molecular complexity index is 479. The number of hydrogen-bond acceptors (Lipinski definition) is 3. The third kappa shape index (κ3) is 4.82. The molecule has 1 aromatic rings. The van der Waals surface area contributed by atoms with E-state index in [-0.39, 0.29) is 5.91 Å². The summed E-state index contributed by atoms with van der Waals surface area (Å²) in [6, 6.07) is 8.57. The molecule has 0 bridgehead atoms. The van der Waals surface area contributed by atoms with Gasteiger partial charge in [0.25, 0.3) is 0 Å². The molecule has 122 valence electrons. The number of anilines is 1. The van der Waals surface area contributed by atoms with Gasteiger partial charge in [-0.3, -0.25) is 9.69 Å². The highest BCUT2D eigenvalue weighted by atomic mass is 16.2. The van der Waals surface area contributed by atoms with Crippen molar-refractivity contribution in [2.75, 3.05) is 32.0 Å². The van der Waals surface area contributed by atoms with Gasteiger partial charge in [0.2, 0.25) is 5.91 Å². The molecule has 1 atom stereocenters. The van der Waals surface area contributed by atoms with Crippen molar-refractivity contribution >= 4 is 11.6 Å². The highest BCUT2D eigenvalue weighted by molar-refractivity contribution is 5.93. The summed E-state index contributed by atoms with van der Waals surface area (Å²) in [5.74, 6) is 0.481. The minimum Gasteiger partial charge on any atom is -0.325 e. The monoisotopic (exact) mass is 303 g/mol. The van der Waals surface area contributed by atoms with Gasteiger partial charge in [0.1, 0.15) is 0 Å². The van der Waals surface area contributed by atoms with Crippen molar-refractivity contribution in [3.8, 4) is 0 Å². The molecule has 0 spiro atoms. The van der Waals surface area contributed by atoms with Crippen LogP contribution in [-0.2, 0) is 4.79 Å². The molecular weight excluding hydrogens is 274 g/mol. The fourth-order valence-electron chi connectivity index (χ4n) is 3.10. The minimum absolute atomic E-state index is 0.0767. The van der Waals surface area contributed by atoms with Crippen LogP contribution in [0.2, 0.25) is 0 Å². The van der Waals surface area contributed by atoms with E-state index in [1.54, 1.807) is 0 Å². The van der Waals surface area contributed by atoms with Crippen LogP contribution in [0.25, 0.3) is 0 Å². The zero-order valence-electron chi connectivity index (χ0n) is 14.1. The smallest absolute Gasteiger partial charge is 0.238 e. The van der Waals surface area contributed by atoms with Gasteiger partial charge in [-0.1, -0.05) is 32.0 Å². The number of amides is 1. The normalized spacial score (nSPS) is 19.2. The second-order valence-corrected chi connectivity index (χ2v) is 6.54. The molecule has 4 heteroatoms. The lowest BCUT2D eigenvalue weighted by Crippen LogP contribution is -2.38. The highest BCUT2D eigenvalue weighted by Crippen LogP contribution is 2.23. The number of para-hydroxylation sites is 1. The molecule has 4 nitrogen and oxygen atoms in total. The largest absolute Gasteiger partial charge is 0.325 e. The van der Waals surface area contributed by atoms with Gasteiger partial charge in [0.15, 0.2) is 0 Å². The Kier molecular flexibility index (Phi) is 6.40. The lowest BCUT2D eigenvalue weighted by Gasteiger charge is -2.26. The van der Waals surface area contributed by atoms with E-state index in [4.69, 9.17) is 0 Å². The number of likely N-dealkylation sites (N-methyl/N-ethyl adjacent to an activating group) is 1. The van der Waals surface area contributed by atoms with E-state index in [1.165, 1.54) is 18.4 Å². The molecule has 2 N–H and O–H groups in total. The number of benzene rings is 1. The molecule has 1 fully saturated rings. The Morgan fingerprint density at radius 3 is 2.86 bits per heavy atom. The third-order valence-electron chi connectivity index (χ3n) is 4.42. The van der Waals surface area contributed by atoms with Gasteiger partial charge in [0.05, 0.1) is 6.54 Å². The zero-order valence-corrected chi connectivity index (χ0v) is 14.1. The predicted octanol–water partition coefficient (Wildman–Crippen LogP) is 2.82. The van der Waals surface area contributed by atoms with Crippen molar-refractivity contribution in [2.24, 2.45) is 0 Å². The summed E-state index contributed by atoms with van der Waals surface area (Å²) in [7, 11) is 2.06. The molecule has 1 saturated heterocycles. The predicted molar refractivity (Wildman–Crippen MR) is 92.3 cm³/mol. The zero-order chi connectivity index (χ0) is 15.9. The van der Waals surface area contributed by atoms with Gasteiger partial charge in [-0.05, 0) is 56.9 Å². The SMILES string of the molecule is CC(C)c1ccccc1NC(=O)CN(C)C1CCCNCC1. The Morgan fingerprint density at radius 2 is 2.09 bits per heavy atom. The molecule has 22 heavy (non-hydrogen) atoms. The first-order valence-electron chi connectivity index (χ1n) is 8.37. The van der Waals surface area contributed by atoms with Gasteiger partial charge in [-0.15, -0.1) is 0 Å². The van der Waals surface area contributed by atoms with E-state index in [2.05, 4.69) is 42.5 Å². The molecule has 0 aliphatic carbocycles. The van der Waals surface area contributed by atoms with Gasteiger partial charge < -0.3 is 10.6 Å². The van der Waals surface area contributed by atoms with Crippen LogP contribution in [0.5, 0.6) is 0 Å². The third-order valence-corrected chi connectivity index (χ3v) is 4.42. The molecule has 1 aromatic carbocycles. The van der Waals surface area contributed by atoms with Gasteiger partial charge in [-0.25, -0.2) is 0 Å². The van der Waals surface area contributed by atoms with E-state index < -0.39 is 0 Å². The molecule has 2 rings (SSSR count). The fraction of sp³-hybridized carbons (Fsp3) is 0.611. The molecule has 0 aromatic heterocycles. The molecule has 1 aliphatic heterocycles. The number of nitrogens with zero attached hydrogens (tertiary/aromatic N) is 1. The van der Waals surface area contributed by atoms with Crippen molar-refractivity contribution in [2.45, 2.75) is 45.1 Å². The maximum atomic E-state index is 12.4. The van der Waals surface area contributed by atoms with Crippen molar-refractivity contribution in [3.05, 3.63) is 29.8 Å². The van der Waals surface area contributed by atoms with Crippen LogP contribution in [-0.4, -0.2) is 43.5 Å². The molecule has 0 radical (unpaired) electrons. The summed E-state index contributed by atoms with van der Waals surface area (Å²) >= 11 is 0. The second kappa shape index (κ2) is 8.30. The number of hydrogen-bond donors (Lipinski definition) is 2. The Balaban J connectivity index is 1.92. The topological polar surface area (TPSA) is 44.4 Å². The summed E-state index contributed by atoms with van der Waals surface area (Å²) < 4.78 is 0. The standard InChI is InChI=1S/C18H29N3O/c1-14(2)16-8-4-5-9-17(16)20-18(22)13-21(3)15-7-6-11-19-12-10-15/h4-5,8-9,14-15,19H,6-7,10-13H2,1-3H3,(H,20,22). The van der Waals surface area contributed by atoms with Crippen LogP contribution in [0.3, 0.4) is 0 Å². The molecule has 1 aliphatic rings. The fourth-order valence-corrected chi connectivity index (χ4v) is 3.10. The molecule has 1 unspecified atom stereocenters. The summed E-state index contributed by atoms with van der Waals surface area (Å²) in [4.78, 5) is 14.6. The summed E-state index contributed by atoms with van der Waals surface area (Å²) in [5, 5.41) is 6.50. The van der Waals surface area contributed by atoms with Crippen LogP contribution in [0.4, 0.5) is 5.69 Å². The van der Waals surface area contributed by atoms with Crippen molar-refractivity contribution in [3.63, 3.8) is 0 Å². The second-order valence-electron chi connectivity index (χ2n) is 6.54. The van der Waals surface area contributed by atoms with Gasteiger partial charge in [-0.2, -0.15) is 0 Å². The summed E-state index contributed by atoms with van der Waals surface area (Å²) in [6.45, 7) is 6.90. The number of carbonyl (C=O) groups is 1. The summed E-state index contributed by atoms with van der Waals surface area (Å²) in [5.41, 5.74) is 2.13. The minimum atomic E-state index is 0.0767. The molecular formula is C18H29N3O. The lowest BCUT2D eigenvalue weighted by molar-refractivity contribution is -0.117. The van der Waals surface area contributed by atoms with Gasteiger partial charge in [0, 0.05) is 11.7 Å². The highest BCUT2D eigenvalue weighted by Gasteiger charge is 2.19.